The SMILES string of the molecule is COc1cc(NC(=O)CCCN(C)C(=O)OC(C)(C)C)c(Cl)cc1CO. The first-order valence-electron chi connectivity index (χ1n) is 8.28. The number of methoxy groups -OCH3 is 1. The maximum absolute atomic E-state index is 12.1. The molecule has 0 aliphatic heterocycles. The number of benzene rings is 1. The number of nitrogens with one attached hydrogen (secondary N) is 1. The third-order valence-electron chi connectivity index (χ3n) is 3.42. The fourth-order valence-electron chi connectivity index (χ4n) is 2.12. The Kier molecular flexibility index (Phi) is 8.17. The second-order valence-electron chi connectivity index (χ2n) is 6.86. The molecule has 0 atom stereocenters. The summed E-state index contributed by atoms with van der Waals surface area (Å²) in [5.41, 5.74) is 0.389. The second kappa shape index (κ2) is 9.64. The zero-order chi connectivity index (χ0) is 19.9. The molecule has 0 aromatic heterocycles. The molecule has 8 heteroatoms. The van der Waals surface area contributed by atoms with Crippen LogP contribution in [0.4, 0.5) is 10.5 Å². The number of carbonyl (C=O) groups is 2. The maximum atomic E-state index is 12.1. The van der Waals surface area contributed by atoms with Gasteiger partial charge in [-0.05, 0) is 33.3 Å². The van der Waals surface area contributed by atoms with Crippen LogP contribution in [0.25, 0.3) is 0 Å². The summed E-state index contributed by atoms with van der Waals surface area (Å²) in [5, 5.41) is 12.3. The number of anilines is 1. The molecule has 1 aromatic carbocycles. The van der Waals surface area contributed by atoms with Crippen molar-refractivity contribution in [3.8, 4) is 5.75 Å². The maximum Gasteiger partial charge on any atom is 0.410 e. The lowest BCUT2D eigenvalue weighted by Crippen LogP contribution is -2.35. The number of ether oxygens (including phenoxy) is 2. The molecule has 0 bridgehead atoms. The van der Waals surface area contributed by atoms with Gasteiger partial charge < -0.3 is 24.8 Å². The van der Waals surface area contributed by atoms with Crippen molar-refractivity contribution >= 4 is 29.3 Å². The van der Waals surface area contributed by atoms with Crippen molar-refractivity contribution in [2.24, 2.45) is 0 Å². The van der Waals surface area contributed by atoms with E-state index in [0.717, 1.165) is 0 Å². The van der Waals surface area contributed by atoms with Gasteiger partial charge in [-0.2, -0.15) is 0 Å². The molecule has 0 radical (unpaired) electrons. The minimum atomic E-state index is -0.556. The summed E-state index contributed by atoms with van der Waals surface area (Å²) in [6, 6.07) is 3.12. The Balaban J connectivity index is 2.54. The van der Waals surface area contributed by atoms with E-state index in [1.165, 1.54) is 12.0 Å². The fraction of sp³-hybridized carbons (Fsp3) is 0.556. The third kappa shape index (κ3) is 7.09. The summed E-state index contributed by atoms with van der Waals surface area (Å²) in [6.07, 6.45) is 0.267. The van der Waals surface area contributed by atoms with Gasteiger partial charge in [-0.1, -0.05) is 11.6 Å². The number of amides is 2. The summed E-state index contributed by atoms with van der Waals surface area (Å²) >= 11 is 6.12. The van der Waals surface area contributed by atoms with Crippen LogP contribution < -0.4 is 10.1 Å². The Labute approximate surface area is 159 Å². The molecule has 0 aliphatic rings. The van der Waals surface area contributed by atoms with Crippen LogP contribution in [0.15, 0.2) is 12.1 Å². The van der Waals surface area contributed by atoms with Crippen LogP contribution in [0.3, 0.4) is 0 Å². The molecule has 26 heavy (non-hydrogen) atoms. The van der Waals surface area contributed by atoms with Gasteiger partial charge >= 0.3 is 6.09 Å². The van der Waals surface area contributed by atoms with Gasteiger partial charge in [0.05, 0.1) is 24.4 Å². The number of halogens is 1. The van der Waals surface area contributed by atoms with Crippen molar-refractivity contribution in [1.82, 2.24) is 4.90 Å². The van der Waals surface area contributed by atoms with Gasteiger partial charge in [0.15, 0.2) is 0 Å². The average Bonchev–Trinajstić information content (AvgIpc) is 2.54. The standard InChI is InChI=1S/C18H27ClN2O5/c1-18(2,3)26-17(24)21(4)8-6-7-16(23)20-14-10-15(25-5)12(11-22)9-13(14)19/h9-10,22H,6-8,11H2,1-5H3,(H,20,23). The molecule has 0 saturated heterocycles. The topological polar surface area (TPSA) is 88.1 Å². The van der Waals surface area contributed by atoms with Crippen LogP contribution in [-0.2, 0) is 16.1 Å². The van der Waals surface area contributed by atoms with Crippen molar-refractivity contribution in [3.05, 3.63) is 22.7 Å². The Bertz CT molecular complexity index is 643. The van der Waals surface area contributed by atoms with Gasteiger partial charge in [0.25, 0.3) is 0 Å². The summed E-state index contributed by atoms with van der Waals surface area (Å²) in [7, 11) is 3.10. The van der Waals surface area contributed by atoms with Crippen LogP contribution in [0.5, 0.6) is 5.75 Å². The van der Waals surface area contributed by atoms with E-state index >= 15 is 0 Å². The summed E-state index contributed by atoms with van der Waals surface area (Å²) in [5.74, 6) is 0.208. The highest BCUT2D eigenvalue weighted by atomic mass is 35.5. The van der Waals surface area contributed by atoms with Crippen molar-refractivity contribution in [2.75, 3.05) is 26.0 Å². The van der Waals surface area contributed by atoms with E-state index in [4.69, 9.17) is 21.1 Å². The fourth-order valence-corrected chi connectivity index (χ4v) is 2.36. The first kappa shape index (κ1) is 22.1. The van der Waals surface area contributed by atoms with E-state index in [9.17, 15) is 14.7 Å². The van der Waals surface area contributed by atoms with E-state index in [1.54, 1.807) is 40.0 Å². The first-order valence-corrected chi connectivity index (χ1v) is 8.66. The minimum absolute atomic E-state index is 0.214. The lowest BCUT2D eigenvalue weighted by atomic mass is 10.2. The van der Waals surface area contributed by atoms with Gasteiger partial charge in [0, 0.05) is 31.6 Å². The Hall–Kier alpha value is -1.99. The normalized spacial score (nSPS) is 11.0. The monoisotopic (exact) mass is 386 g/mol. The molecule has 0 aliphatic carbocycles. The zero-order valence-corrected chi connectivity index (χ0v) is 16.6. The Morgan fingerprint density at radius 3 is 2.50 bits per heavy atom. The molecular weight excluding hydrogens is 360 g/mol. The zero-order valence-electron chi connectivity index (χ0n) is 15.9. The van der Waals surface area contributed by atoms with Gasteiger partial charge in [0.2, 0.25) is 5.91 Å². The predicted octanol–water partition coefficient (Wildman–Crippen LogP) is 3.43. The van der Waals surface area contributed by atoms with E-state index in [-0.39, 0.29) is 18.9 Å². The second-order valence-corrected chi connectivity index (χ2v) is 7.26. The number of aliphatic hydroxyl groups excluding tert-OH is 1. The highest BCUT2D eigenvalue weighted by Crippen LogP contribution is 2.31. The van der Waals surface area contributed by atoms with E-state index in [0.29, 0.717) is 35.0 Å². The minimum Gasteiger partial charge on any atom is -0.496 e. The van der Waals surface area contributed by atoms with Crippen molar-refractivity contribution in [1.29, 1.82) is 0 Å². The number of hydrogen-bond donors (Lipinski definition) is 2. The molecule has 0 saturated carbocycles. The highest BCUT2D eigenvalue weighted by molar-refractivity contribution is 6.33. The van der Waals surface area contributed by atoms with Crippen LogP contribution in [0.1, 0.15) is 39.2 Å². The molecule has 0 spiro atoms. The highest BCUT2D eigenvalue weighted by Gasteiger charge is 2.19. The number of nitrogens with zero attached hydrogens (tertiary/aromatic N) is 1. The molecule has 1 rings (SSSR count). The summed E-state index contributed by atoms with van der Waals surface area (Å²) in [4.78, 5) is 25.4. The molecule has 7 nitrogen and oxygen atoms in total. The van der Waals surface area contributed by atoms with Crippen molar-refractivity contribution in [2.45, 2.75) is 45.8 Å². The molecule has 0 fully saturated rings. The quantitative estimate of drug-likeness (QED) is 0.749. The van der Waals surface area contributed by atoms with E-state index in [2.05, 4.69) is 5.32 Å². The van der Waals surface area contributed by atoms with Gasteiger partial charge in [-0.15, -0.1) is 0 Å². The van der Waals surface area contributed by atoms with Crippen LogP contribution in [-0.4, -0.2) is 48.3 Å². The summed E-state index contributed by atoms with van der Waals surface area (Å²) in [6.45, 7) is 5.57. The van der Waals surface area contributed by atoms with Gasteiger partial charge in [0.1, 0.15) is 11.4 Å². The molecule has 0 unspecified atom stereocenters. The van der Waals surface area contributed by atoms with Crippen molar-refractivity contribution in [3.63, 3.8) is 0 Å². The summed E-state index contributed by atoms with van der Waals surface area (Å²) < 4.78 is 10.4. The lowest BCUT2D eigenvalue weighted by Gasteiger charge is -2.24. The van der Waals surface area contributed by atoms with Crippen molar-refractivity contribution < 1.29 is 24.2 Å². The number of hydrogen-bond acceptors (Lipinski definition) is 5. The lowest BCUT2D eigenvalue weighted by molar-refractivity contribution is -0.116. The number of aliphatic hydroxyl groups is 1. The Morgan fingerprint density at radius 2 is 1.96 bits per heavy atom. The number of rotatable bonds is 7. The van der Waals surface area contributed by atoms with Crippen LogP contribution in [0.2, 0.25) is 5.02 Å². The van der Waals surface area contributed by atoms with Gasteiger partial charge in [-0.3, -0.25) is 4.79 Å². The molecular formula is C18H27ClN2O5. The largest absolute Gasteiger partial charge is 0.496 e. The molecule has 2 N–H and O–H groups in total. The smallest absolute Gasteiger partial charge is 0.410 e. The van der Waals surface area contributed by atoms with E-state index in [1.807, 2.05) is 0 Å². The first-order chi connectivity index (χ1) is 12.1. The third-order valence-corrected chi connectivity index (χ3v) is 3.73. The van der Waals surface area contributed by atoms with Crippen LogP contribution >= 0.6 is 11.6 Å². The van der Waals surface area contributed by atoms with Gasteiger partial charge in [-0.25, -0.2) is 4.79 Å². The molecule has 0 heterocycles. The average molecular weight is 387 g/mol. The molecule has 2 amide bonds. The van der Waals surface area contributed by atoms with E-state index < -0.39 is 11.7 Å². The predicted molar refractivity (Wildman–Crippen MR) is 101 cm³/mol. The molecule has 1 aromatic rings. The molecule has 146 valence electrons. The van der Waals surface area contributed by atoms with Crippen LogP contribution in [0, 0.1) is 0 Å². The Morgan fingerprint density at radius 1 is 1.31 bits per heavy atom. The number of carbonyl (C=O) groups excluding carboxylic acids is 2.